The molecule has 1 aromatic heterocycles. The van der Waals surface area contributed by atoms with E-state index < -0.39 is 53.7 Å². The smallest absolute Gasteiger partial charge is 0.254 e. The second kappa shape index (κ2) is 23.2. The summed E-state index contributed by atoms with van der Waals surface area (Å²) in [6, 6.07) is 16.4. The number of nitrogens with two attached hydrogens (primary N) is 3. The van der Waals surface area contributed by atoms with E-state index in [-0.39, 0.29) is 63.9 Å². The molecule has 350 valence electrons. The molecule has 4 atom stereocenters. The third kappa shape index (κ3) is 12.4. The van der Waals surface area contributed by atoms with Gasteiger partial charge in [0.15, 0.2) is 0 Å². The van der Waals surface area contributed by atoms with Crippen molar-refractivity contribution in [1.82, 2.24) is 31.2 Å². The van der Waals surface area contributed by atoms with Crippen LogP contribution in [0.4, 0.5) is 0 Å². The predicted octanol–water partition coefficient (Wildman–Crippen LogP) is 2.33. The second-order valence-electron chi connectivity index (χ2n) is 16.2. The molecule has 10 N–H and O–H groups in total. The molecule has 5 rings (SSSR count). The first-order valence-electron chi connectivity index (χ1n) is 21.8. The minimum absolute atomic E-state index is 0.00206. The number of nitrogens with zero attached hydrogens (tertiary/aromatic N) is 3. The first kappa shape index (κ1) is 49.9. The molecule has 0 spiro atoms. The van der Waals surface area contributed by atoms with Gasteiger partial charge in [-0.05, 0) is 119 Å². The summed E-state index contributed by atoms with van der Waals surface area (Å²) in [5, 5.41) is 20.0. The lowest BCUT2D eigenvalue weighted by Gasteiger charge is -2.32. The fourth-order valence-electron chi connectivity index (χ4n) is 7.66. The van der Waals surface area contributed by atoms with Crippen molar-refractivity contribution in [3.8, 4) is 45.7 Å². The summed E-state index contributed by atoms with van der Waals surface area (Å²) in [5.41, 5.74) is 22.4. The lowest BCUT2D eigenvalue weighted by molar-refractivity contribution is -0.141. The number of benzene rings is 3. The maximum atomic E-state index is 14.7. The minimum Gasteiger partial charge on any atom is -0.492 e. The fraction of sp³-hybridized carbons (Fsp3) is 0.396. The van der Waals surface area contributed by atoms with Crippen LogP contribution < -0.4 is 52.7 Å². The van der Waals surface area contributed by atoms with Crippen molar-refractivity contribution in [3.05, 3.63) is 94.7 Å². The molecule has 66 heavy (non-hydrogen) atoms. The van der Waals surface area contributed by atoms with E-state index in [1.54, 1.807) is 56.3 Å². The topological polar surface area (TPSA) is 279 Å². The third-order valence-electron chi connectivity index (χ3n) is 10.8. The molecule has 5 amide bonds. The highest BCUT2D eigenvalue weighted by atomic mass is 16.5. The van der Waals surface area contributed by atoms with Crippen molar-refractivity contribution in [2.75, 3.05) is 46.4 Å². The molecule has 18 heteroatoms. The van der Waals surface area contributed by atoms with Gasteiger partial charge in [-0.3, -0.25) is 29.0 Å². The standard InChI is InChI=1S/C48H60N10O8/c1-27(2)66-34-11-8-32(9-12-34)38-23-28(3)42(29(4)54-38)46(61)56-37(15-16-49)48(63)58(6)43-33-10-14-41(65-22-19-52)36(26-33)35-24-31(7-13-40(35)64-21-18-51)25-39(45(60)53-20-17-50)57-44(59)30(5)55-47(43)62/h7-14,23-24,26-27,30,37,39,43H,15-16,18-22,25,49,51-52H2,1-6H3,(H,53,60)(H,55,62)(H,56,61)(H,57,59)/t30-,37-,39-,43-/m0/s1. The number of amides is 5. The Bertz CT molecular complexity index is 2410. The molecule has 0 saturated carbocycles. The van der Waals surface area contributed by atoms with E-state index in [4.69, 9.17) is 41.7 Å². The number of nitrogens with one attached hydrogen (secondary N) is 4. The molecule has 0 unspecified atom stereocenters. The molecule has 4 bridgehead atoms. The van der Waals surface area contributed by atoms with Crippen LogP contribution in [0.2, 0.25) is 0 Å². The van der Waals surface area contributed by atoms with Crippen molar-refractivity contribution in [2.45, 2.75) is 77.7 Å². The molecule has 2 heterocycles. The van der Waals surface area contributed by atoms with Gasteiger partial charge in [-0.15, -0.1) is 0 Å². The van der Waals surface area contributed by atoms with Crippen molar-refractivity contribution >= 4 is 29.5 Å². The lowest BCUT2D eigenvalue weighted by atomic mass is 9.93. The molecule has 3 aromatic carbocycles. The van der Waals surface area contributed by atoms with Crippen LogP contribution in [0, 0.1) is 25.2 Å². The summed E-state index contributed by atoms with van der Waals surface area (Å²) in [6.07, 6.45) is 0.0297. The summed E-state index contributed by atoms with van der Waals surface area (Å²) in [7, 11) is 1.42. The molecular weight excluding hydrogens is 845 g/mol. The van der Waals surface area contributed by atoms with Crippen LogP contribution in [0.3, 0.4) is 0 Å². The SMILES string of the molecule is Cc1cc(-c2ccc(OC(C)C)cc2)nc(C)c1C(=O)N[C@@H](CCN)C(=O)N(C)[C@@H]1C(=O)N[C@@H](C)C(=O)N[C@H](C(=O)NCC#N)Cc2ccc(OCCN)c(c2)-c2cc1ccc2OCCN. The van der Waals surface area contributed by atoms with Gasteiger partial charge in [0.05, 0.1) is 29.1 Å². The maximum Gasteiger partial charge on any atom is 0.254 e. The zero-order valence-corrected chi connectivity index (χ0v) is 38.2. The number of aromatic nitrogens is 1. The van der Waals surface area contributed by atoms with E-state index in [9.17, 15) is 24.0 Å². The largest absolute Gasteiger partial charge is 0.492 e. The van der Waals surface area contributed by atoms with Crippen molar-refractivity contribution in [2.24, 2.45) is 17.2 Å². The quantitative estimate of drug-likeness (QED) is 0.0751. The number of fused-ring (bicyclic) bond motifs is 5. The van der Waals surface area contributed by atoms with Gasteiger partial charge in [0, 0.05) is 43.2 Å². The minimum atomic E-state index is -1.40. The molecule has 1 aliphatic heterocycles. The highest BCUT2D eigenvalue weighted by molar-refractivity contribution is 6.01. The van der Waals surface area contributed by atoms with Crippen LogP contribution in [-0.4, -0.2) is 110 Å². The zero-order valence-electron chi connectivity index (χ0n) is 38.2. The van der Waals surface area contributed by atoms with Crippen LogP contribution >= 0.6 is 0 Å². The van der Waals surface area contributed by atoms with Gasteiger partial charge in [0.25, 0.3) is 5.91 Å². The molecule has 18 nitrogen and oxygen atoms in total. The number of aryl methyl sites for hydroxylation is 2. The van der Waals surface area contributed by atoms with Crippen LogP contribution in [0.5, 0.6) is 17.2 Å². The lowest BCUT2D eigenvalue weighted by Crippen LogP contribution is -2.56. The van der Waals surface area contributed by atoms with E-state index in [1.807, 2.05) is 44.2 Å². The molecule has 1 aliphatic rings. The maximum absolute atomic E-state index is 14.7. The van der Waals surface area contributed by atoms with Crippen molar-refractivity contribution in [3.63, 3.8) is 0 Å². The average molecular weight is 905 g/mol. The Morgan fingerprint density at radius 2 is 1.55 bits per heavy atom. The fourth-order valence-corrected chi connectivity index (χ4v) is 7.66. The summed E-state index contributed by atoms with van der Waals surface area (Å²) in [4.78, 5) is 76.5. The van der Waals surface area contributed by atoms with E-state index in [2.05, 4.69) is 21.3 Å². The normalized spacial score (nSPS) is 16.4. The number of hydrogen-bond acceptors (Lipinski definition) is 13. The average Bonchev–Trinajstić information content (AvgIpc) is 3.28. The first-order valence-corrected chi connectivity index (χ1v) is 21.8. The number of rotatable bonds is 17. The molecule has 0 saturated heterocycles. The van der Waals surface area contributed by atoms with Crippen LogP contribution in [0.1, 0.15) is 66.0 Å². The van der Waals surface area contributed by atoms with Gasteiger partial charge in [-0.25, -0.2) is 0 Å². The van der Waals surface area contributed by atoms with Gasteiger partial charge < -0.3 is 57.6 Å². The Hall–Kier alpha value is -7.07. The summed E-state index contributed by atoms with van der Waals surface area (Å²) >= 11 is 0. The van der Waals surface area contributed by atoms with Crippen molar-refractivity contribution < 1.29 is 38.2 Å². The predicted molar refractivity (Wildman–Crippen MR) is 248 cm³/mol. The third-order valence-corrected chi connectivity index (χ3v) is 10.8. The number of nitriles is 1. The number of pyridine rings is 1. The van der Waals surface area contributed by atoms with Gasteiger partial charge in [0.2, 0.25) is 23.6 Å². The highest BCUT2D eigenvalue weighted by Gasteiger charge is 2.36. The van der Waals surface area contributed by atoms with Gasteiger partial charge >= 0.3 is 0 Å². The number of ether oxygens (including phenoxy) is 3. The van der Waals surface area contributed by atoms with Crippen molar-refractivity contribution in [1.29, 1.82) is 5.26 Å². The Kier molecular flexibility index (Phi) is 17.6. The number of carbonyl (C=O) groups excluding carboxylic acids is 5. The van der Waals surface area contributed by atoms with E-state index >= 15 is 0 Å². The van der Waals surface area contributed by atoms with Crippen LogP contribution in [0.15, 0.2) is 66.7 Å². The molecule has 0 radical (unpaired) electrons. The molecule has 0 fully saturated rings. The highest BCUT2D eigenvalue weighted by Crippen LogP contribution is 2.40. The van der Waals surface area contributed by atoms with E-state index in [0.29, 0.717) is 50.7 Å². The number of hydrogen-bond donors (Lipinski definition) is 7. The van der Waals surface area contributed by atoms with Gasteiger partial charge in [0.1, 0.15) is 61.2 Å². The van der Waals surface area contributed by atoms with Gasteiger partial charge in [-0.2, -0.15) is 5.26 Å². The van der Waals surface area contributed by atoms with E-state index in [1.165, 1.54) is 18.9 Å². The summed E-state index contributed by atoms with van der Waals surface area (Å²) in [6.45, 7) is 9.21. The number of likely N-dealkylation sites (N-methyl/N-ethyl adjacent to an activating group) is 1. The Morgan fingerprint density at radius 3 is 2.15 bits per heavy atom. The second-order valence-corrected chi connectivity index (χ2v) is 16.2. The van der Waals surface area contributed by atoms with Crippen LogP contribution in [0.25, 0.3) is 22.4 Å². The summed E-state index contributed by atoms with van der Waals surface area (Å²) in [5.74, 6) is -1.79. The molecular formula is C48H60N10O8. The van der Waals surface area contributed by atoms with Crippen LogP contribution in [-0.2, 0) is 25.6 Å². The zero-order chi connectivity index (χ0) is 48.1. The Balaban J connectivity index is 1.56. The molecule has 0 aliphatic carbocycles. The summed E-state index contributed by atoms with van der Waals surface area (Å²) < 4.78 is 18.0. The first-order chi connectivity index (χ1) is 31.6. The van der Waals surface area contributed by atoms with E-state index in [0.717, 1.165) is 11.3 Å². The Morgan fingerprint density at radius 1 is 0.894 bits per heavy atom. The number of carbonyl (C=O) groups is 5. The Labute approximate surface area is 384 Å². The van der Waals surface area contributed by atoms with Gasteiger partial charge in [-0.1, -0.05) is 12.1 Å². The molecule has 4 aromatic rings. The monoisotopic (exact) mass is 904 g/mol.